The molecule has 2 fully saturated rings. The lowest BCUT2D eigenvalue weighted by atomic mass is 9.52. The predicted octanol–water partition coefficient (Wildman–Crippen LogP) is 6.92. The van der Waals surface area contributed by atoms with Gasteiger partial charge in [0.05, 0.1) is 7.11 Å². The number of anilines is 2. The van der Waals surface area contributed by atoms with Crippen molar-refractivity contribution in [3.8, 4) is 5.75 Å². The number of fused-ring (bicyclic) bond motifs is 1. The van der Waals surface area contributed by atoms with Crippen LogP contribution < -0.4 is 15.0 Å². The zero-order valence-electron chi connectivity index (χ0n) is 21.9. The summed E-state index contributed by atoms with van der Waals surface area (Å²) in [5.74, 6) is 1.78. The highest BCUT2D eigenvalue weighted by atomic mass is 16.5. The summed E-state index contributed by atoms with van der Waals surface area (Å²) in [7, 11) is 1.78. The van der Waals surface area contributed by atoms with Crippen molar-refractivity contribution in [2.24, 2.45) is 5.92 Å². The van der Waals surface area contributed by atoms with Crippen molar-refractivity contribution >= 4 is 17.3 Å². The predicted molar refractivity (Wildman–Crippen MR) is 151 cm³/mol. The molecule has 1 heterocycles. The van der Waals surface area contributed by atoms with Gasteiger partial charge in [-0.3, -0.25) is 4.79 Å². The molecule has 2 bridgehead atoms. The standard InChI is InChI=1S/C33H38N2O2/c1-37-28-18-13-25-22-31-29-11-5-6-19-33(29,30(25)23-28)20-21-35(31)27-16-14-26(15-17-27)34-32(36)12-7-10-24-8-3-2-4-9-24/h2-4,8-9,13-18,23,29,31H,5-7,10-12,19-22H2,1H3,(H,34,36)/t29-,31+,33+/m1/s1. The Labute approximate surface area is 221 Å². The van der Waals surface area contributed by atoms with Gasteiger partial charge in [-0.15, -0.1) is 0 Å². The molecule has 4 heteroatoms. The first kappa shape index (κ1) is 24.1. The van der Waals surface area contributed by atoms with Crippen molar-refractivity contribution in [2.75, 3.05) is 23.9 Å². The number of piperidine rings is 1. The Morgan fingerprint density at radius 1 is 1.03 bits per heavy atom. The van der Waals surface area contributed by atoms with Gasteiger partial charge in [0.1, 0.15) is 5.75 Å². The summed E-state index contributed by atoms with van der Waals surface area (Å²) in [4.78, 5) is 15.2. The maximum atomic E-state index is 12.5. The van der Waals surface area contributed by atoms with Gasteiger partial charge in [-0.2, -0.15) is 0 Å². The average molecular weight is 495 g/mol. The quantitative estimate of drug-likeness (QED) is 0.388. The van der Waals surface area contributed by atoms with Gasteiger partial charge in [0.2, 0.25) is 5.91 Å². The number of hydrogen-bond acceptors (Lipinski definition) is 3. The topological polar surface area (TPSA) is 41.6 Å². The first-order chi connectivity index (χ1) is 18.2. The van der Waals surface area contributed by atoms with E-state index in [0.717, 1.165) is 37.2 Å². The molecule has 0 unspecified atom stereocenters. The van der Waals surface area contributed by atoms with E-state index in [1.54, 1.807) is 12.7 Å². The third-order valence-electron chi connectivity index (χ3n) is 9.24. The van der Waals surface area contributed by atoms with Crippen molar-refractivity contribution in [3.05, 3.63) is 89.5 Å². The molecule has 0 spiro atoms. The maximum absolute atomic E-state index is 12.5. The Balaban J connectivity index is 1.14. The minimum atomic E-state index is 0.0907. The largest absolute Gasteiger partial charge is 0.497 e. The first-order valence-corrected chi connectivity index (χ1v) is 14.0. The summed E-state index contributed by atoms with van der Waals surface area (Å²) in [6, 6.07) is 26.3. The molecule has 6 rings (SSSR count). The van der Waals surface area contributed by atoms with Crippen LogP contribution in [-0.4, -0.2) is 25.6 Å². The first-order valence-electron chi connectivity index (χ1n) is 14.0. The molecule has 3 aromatic rings. The van der Waals surface area contributed by atoms with Gasteiger partial charge in [0.15, 0.2) is 0 Å². The number of hydrogen-bond donors (Lipinski definition) is 1. The van der Waals surface area contributed by atoms with Crippen LogP contribution in [0.4, 0.5) is 11.4 Å². The Hall–Kier alpha value is -3.27. The summed E-state index contributed by atoms with van der Waals surface area (Å²) in [5, 5.41) is 3.10. The molecule has 1 amide bonds. The summed E-state index contributed by atoms with van der Waals surface area (Å²) in [6.07, 6.45) is 9.93. The van der Waals surface area contributed by atoms with Gasteiger partial charge < -0.3 is 15.0 Å². The Morgan fingerprint density at radius 3 is 2.68 bits per heavy atom. The number of nitrogens with one attached hydrogen (secondary N) is 1. The molecule has 3 atom stereocenters. The van der Waals surface area contributed by atoms with Crippen molar-refractivity contribution in [2.45, 2.75) is 69.2 Å². The number of carbonyl (C=O) groups excluding carboxylic acids is 1. The van der Waals surface area contributed by atoms with Crippen LogP contribution in [0, 0.1) is 5.92 Å². The zero-order chi connectivity index (χ0) is 25.2. The molecule has 0 aromatic heterocycles. The van der Waals surface area contributed by atoms with E-state index >= 15 is 0 Å². The monoisotopic (exact) mass is 494 g/mol. The Kier molecular flexibility index (Phi) is 6.67. The molecule has 3 aliphatic rings. The fourth-order valence-electron chi connectivity index (χ4n) is 7.49. The van der Waals surface area contributed by atoms with Crippen LogP contribution in [0.2, 0.25) is 0 Å². The van der Waals surface area contributed by atoms with Crippen LogP contribution in [0.5, 0.6) is 5.75 Å². The van der Waals surface area contributed by atoms with E-state index in [4.69, 9.17) is 4.74 Å². The van der Waals surface area contributed by atoms with Crippen LogP contribution in [0.15, 0.2) is 72.8 Å². The van der Waals surface area contributed by atoms with Crippen LogP contribution in [0.1, 0.15) is 61.6 Å². The molecule has 1 aliphatic heterocycles. The Bertz CT molecular complexity index is 1240. The molecule has 4 nitrogen and oxygen atoms in total. The van der Waals surface area contributed by atoms with Crippen molar-refractivity contribution in [3.63, 3.8) is 0 Å². The second kappa shape index (κ2) is 10.2. The lowest BCUT2D eigenvalue weighted by Crippen LogP contribution is -2.61. The zero-order valence-corrected chi connectivity index (χ0v) is 21.9. The molecule has 0 radical (unpaired) electrons. The summed E-state index contributed by atoms with van der Waals surface area (Å²) >= 11 is 0. The van der Waals surface area contributed by atoms with Crippen molar-refractivity contribution < 1.29 is 9.53 Å². The van der Waals surface area contributed by atoms with Crippen molar-refractivity contribution in [1.82, 2.24) is 0 Å². The molecule has 1 saturated heterocycles. The molecule has 192 valence electrons. The molecule has 37 heavy (non-hydrogen) atoms. The minimum absolute atomic E-state index is 0.0907. The van der Waals surface area contributed by atoms with Gasteiger partial charge in [-0.1, -0.05) is 49.2 Å². The van der Waals surface area contributed by atoms with Gasteiger partial charge in [0.25, 0.3) is 0 Å². The van der Waals surface area contributed by atoms with Crippen LogP contribution >= 0.6 is 0 Å². The number of carbonyl (C=O) groups is 1. The van der Waals surface area contributed by atoms with Crippen LogP contribution in [-0.2, 0) is 23.1 Å². The van der Waals surface area contributed by atoms with Gasteiger partial charge >= 0.3 is 0 Å². The lowest BCUT2D eigenvalue weighted by molar-refractivity contribution is -0.116. The second-order valence-corrected chi connectivity index (χ2v) is 11.2. The second-order valence-electron chi connectivity index (χ2n) is 11.2. The number of rotatable bonds is 7. The Morgan fingerprint density at radius 2 is 1.86 bits per heavy atom. The van der Waals surface area contributed by atoms with E-state index in [-0.39, 0.29) is 5.91 Å². The molecular weight excluding hydrogens is 456 g/mol. The molecule has 1 saturated carbocycles. The van der Waals surface area contributed by atoms with Crippen LogP contribution in [0.25, 0.3) is 0 Å². The highest BCUT2D eigenvalue weighted by Gasteiger charge is 2.53. The number of ether oxygens (including phenoxy) is 1. The third kappa shape index (κ3) is 4.63. The van der Waals surface area contributed by atoms with Gasteiger partial charge in [-0.05, 0) is 97.5 Å². The van der Waals surface area contributed by atoms with E-state index in [2.05, 4.69) is 76.9 Å². The fraction of sp³-hybridized carbons (Fsp3) is 0.424. The van der Waals surface area contributed by atoms with E-state index in [0.29, 0.717) is 23.8 Å². The van der Waals surface area contributed by atoms with E-state index in [9.17, 15) is 4.79 Å². The number of benzene rings is 3. The van der Waals surface area contributed by atoms with Crippen LogP contribution in [0.3, 0.4) is 0 Å². The minimum Gasteiger partial charge on any atom is -0.497 e. The smallest absolute Gasteiger partial charge is 0.224 e. The maximum Gasteiger partial charge on any atom is 0.224 e. The summed E-state index contributed by atoms with van der Waals surface area (Å²) in [5.41, 5.74) is 6.83. The number of amides is 1. The van der Waals surface area contributed by atoms with E-state index in [1.807, 2.05) is 6.07 Å². The molecule has 1 N–H and O–H groups in total. The normalized spacial score (nSPS) is 24.1. The summed E-state index contributed by atoms with van der Waals surface area (Å²) in [6.45, 7) is 1.09. The van der Waals surface area contributed by atoms with E-state index in [1.165, 1.54) is 48.9 Å². The third-order valence-corrected chi connectivity index (χ3v) is 9.24. The number of aryl methyl sites for hydroxylation is 1. The summed E-state index contributed by atoms with van der Waals surface area (Å²) < 4.78 is 5.62. The molecule has 3 aromatic carbocycles. The van der Waals surface area contributed by atoms with Gasteiger partial charge in [-0.25, -0.2) is 0 Å². The van der Waals surface area contributed by atoms with Gasteiger partial charge in [0, 0.05) is 35.8 Å². The highest BCUT2D eigenvalue weighted by Crippen LogP contribution is 2.56. The van der Waals surface area contributed by atoms with Crippen molar-refractivity contribution in [1.29, 1.82) is 0 Å². The number of nitrogens with zero attached hydrogens (tertiary/aromatic N) is 1. The molecular formula is C33H38N2O2. The highest BCUT2D eigenvalue weighted by molar-refractivity contribution is 5.90. The molecule has 2 aliphatic carbocycles. The SMILES string of the molecule is COc1ccc2c(c1)[C@]13CCCC[C@@H]1[C@H](C2)N(c1ccc(NC(=O)CCCc2ccccc2)cc1)CC3. The lowest BCUT2D eigenvalue weighted by Gasteiger charge is -2.59. The van der Waals surface area contributed by atoms with E-state index < -0.39 is 0 Å². The average Bonchev–Trinajstić information content (AvgIpc) is 2.94. The fourth-order valence-corrected chi connectivity index (χ4v) is 7.49. The number of methoxy groups -OCH3 is 1.